The first-order valence-corrected chi connectivity index (χ1v) is 13.4. The number of ether oxygens (including phenoxy) is 1. The van der Waals surface area contributed by atoms with Crippen molar-refractivity contribution in [1.82, 2.24) is 19.7 Å². The highest BCUT2D eigenvalue weighted by molar-refractivity contribution is 6.00. The number of hydrogen-bond donors (Lipinski definition) is 4. The van der Waals surface area contributed by atoms with Crippen molar-refractivity contribution in [3.63, 3.8) is 0 Å². The van der Waals surface area contributed by atoms with Gasteiger partial charge in [0.2, 0.25) is 5.91 Å². The van der Waals surface area contributed by atoms with Gasteiger partial charge >= 0.3 is 0 Å². The zero-order valence-corrected chi connectivity index (χ0v) is 21.9. The first kappa shape index (κ1) is 25.3. The average molecular weight is 528 g/mol. The van der Waals surface area contributed by atoms with Gasteiger partial charge in [-0.05, 0) is 55.7 Å². The Labute approximate surface area is 226 Å². The maximum Gasteiger partial charge on any atom is 0.228 e. The number of hydrogen-bond acceptors (Lipinski definition) is 8. The lowest BCUT2D eigenvalue weighted by Crippen LogP contribution is -2.41. The number of carbonyl (C=O) groups excluding carboxylic acids is 1. The summed E-state index contributed by atoms with van der Waals surface area (Å²) in [6.45, 7) is 0.246. The molecule has 2 aromatic carbocycles. The molecule has 2 aliphatic carbocycles. The third-order valence-electron chi connectivity index (χ3n) is 8.22. The summed E-state index contributed by atoms with van der Waals surface area (Å²) in [7, 11) is 1.58. The van der Waals surface area contributed by atoms with Gasteiger partial charge in [-0.2, -0.15) is 5.10 Å². The van der Waals surface area contributed by atoms with Crippen molar-refractivity contribution >= 4 is 28.4 Å². The highest BCUT2D eigenvalue weighted by Gasteiger charge is 2.44. The standard InChI is InChI=1S/C29H33N7O3/c1-39-23-13-18(7-8-22(23)34-28(37)21-14-20(21)17-5-3-2-4-6-17)25-24-26(31)32-16-33-27(24)36(35-25)19-9-11-29(38,15-30)12-10-19/h2-8,13,16,19-21,38H,9-12,14-15,30H2,1H3,(H,34,37)(H2,31,32,33)/t19?,20-,21+,29?/m0/s1. The second kappa shape index (κ2) is 9.94. The molecule has 10 nitrogen and oxygen atoms in total. The molecule has 0 bridgehead atoms. The molecule has 0 unspecified atom stereocenters. The number of carbonyl (C=O) groups is 1. The monoisotopic (exact) mass is 527 g/mol. The summed E-state index contributed by atoms with van der Waals surface area (Å²) in [5.74, 6) is 1.04. The fraction of sp³-hybridized carbons (Fsp3) is 0.379. The van der Waals surface area contributed by atoms with E-state index in [1.807, 2.05) is 41.1 Å². The third-order valence-corrected chi connectivity index (χ3v) is 8.22. The normalized spacial score (nSPS) is 24.4. The van der Waals surface area contributed by atoms with Crippen LogP contribution in [0, 0.1) is 5.92 Å². The summed E-state index contributed by atoms with van der Waals surface area (Å²) in [5, 5.41) is 19.3. The molecule has 2 fully saturated rings. The number of aliphatic hydroxyl groups is 1. The number of nitrogens with one attached hydrogen (secondary N) is 1. The summed E-state index contributed by atoms with van der Waals surface area (Å²) in [4.78, 5) is 21.7. The molecule has 2 heterocycles. The lowest BCUT2D eigenvalue weighted by Gasteiger charge is -2.35. The average Bonchev–Trinajstić information content (AvgIpc) is 3.68. The van der Waals surface area contributed by atoms with Gasteiger partial charge in [-0.25, -0.2) is 14.6 Å². The highest BCUT2D eigenvalue weighted by Crippen LogP contribution is 2.48. The number of methoxy groups -OCH3 is 1. The molecule has 0 spiro atoms. The number of nitrogens with zero attached hydrogens (tertiary/aromatic N) is 4. The molecule has 39 heavy (non-hydrogen) atoms. The van der Waals surface area contributed by atoms with Crippen molar-refractivity contribution in [3.05, 3.63) is 60.4 Å². The van der Waals surface area contributed by atoms with E-state index in [9.17, 15) is 9.90 Å². The number of anilines is 2. The van der Waals surface area contributed by atoms with Crippen LogP contribution in [-0.2, 0) is 4.79 Å². The van der Waals surface area contributed by atoms with Gasteiger partial charge in [0.05, 0.1) is 29.8 Å². The van der Waals surface area contributed by atoms with Crippen LogP contribution in [0.5, 0.6) is 5.75 Å². The predicted octanol–water partition coefficient (Wildman–Crippen LogP) is 3.63. The van der Waals surface area contributed by atoms with Crippen molar-refractivity contribution in [3.8, 4) is 17.0 Å². The SMILES string of the molecule is COc1cc(-c2nn(C3CCC(O)(CN)CC3)c3ncnc(N)c23)ccc1NC(=O)[C@@H]1C[C@H]1c1ccccc1. The minimum absolute atomic E-state index is 0.0167. The molecule has 2 aromatic heterocycles. The maximum absolute atomic E-state index is 13.0. The molecule has 2 atom stereocenters. The molecule has 1 amide bonds. The number of nitrogen functional groups attached to an aromatic ring is 1. The van der Waals surface area contributed by atoms with Crippen LogP contribution < -0.4 is 21.5 Å². The second-order valence-corrected chi connectivity index (χ2v) is 10.7. The largest absolute Gasteiger partial charge is 0.495 e. The Kier molecular flexibility index (Phi) is 6.44. The van der Waals surface area contributed by atoms with Gasteiger partial charge in [-0.3, -0.25) is 4.79 Å². The summed E-state index contributed by atoms with van der Waals surface area (Å²) in [6.07, 6.45) is 4.93. The number of rotatable bonds is 7. The van der Waals surface area contributed by atoms with Crippen LogP contribution in [0.15, 0.2) is 54.9 Å². The minimum atomic E-state index is -0.828. The van der Waals surface area contributed by atoms with Gasteiger partial charge in [0.1, 0.15) is 23.6 Å². The molecule has 4 aromatic rings. The van der Waals surface area contributed by atoms with Crippen molar-refractivity contribution in [2.45, 2.75) is 49.7 Å². The van der Waals surface area contributed by atoms with Crippen molar-refractivity contribution in [1.29, 1.82) is 0 Å². The zero-order valence-electron chi connectivity index (χ0n) is 21.9. The van der Waals surface area contributed by atoms with E-state index in [4.69, 9.17) is 21.3 Å². The van der Waals surface area contributed by atoms with Crippen LogP contribution >= 0.6 is 0 Å². The molecule has 0 saturated heterocycles. The van der Waals surface area contributed by atoms with Gasteiger partial charge in [-0.1, -0.05) is 36.4 Å². The van der Waals surface area contributed by atoms with E-state index < -0.39 is 5.60 Å². The third kappa shape index (κ3) is 4.70. The maximum atomic E-state index is 13.0. The Bertz CT molecular complexity index is 1510. The topological polar surface area (TPSA) is 154 Å². The quantitative estimate of drug-likeness (QED) is 0.284. The van der Waals surface area contributed by atoms with Gasteiger partial charge in [0, 0.05) is 18.0 Å². The molecule has 0 aliphatic heterocycles. The van der Waals surface area contributed by atoms with Crippen molar-refractivity contribution < 1.29 is 14.6 Å². The molecule has 6 rings (SSSR count). The lowest BCUT2D eigenvalue weighted by atomic mass is 9.82. The van der Waals surface area contributed by atoms with Gasteiger partial charge in [0.15, 0.2) is 5.65 Å². The number of nitrogens with two attached hydrogens (primary N) is 2. The van der Waals surface area contributed by atoms with Gasteiger partial charge in [0.25, 0.3) is 0 Å². The summed E-state index contributed by atoms with van der Waals surface area (Å²) >= 11 is 0. The van der Waals surface area contributed by atoms with Crippen LogP contribution in [0.1, 0.15) is 49.6 Å². The molecule has 10 heteroatoms. The van der Waals surface area contributed by atoms with E-state index in [1.165, 1.54) is 11.9 Å². The molecule has 6 N–H and O–H groups in total. The molecule has 2 saturated carbocycles. The van der Waals surface area contributed by atoms with Crippen molar-refractivity contribution in [2.75, 3.05) is 24.7 Å². The van der Waals surface area contributed by atoms with E-state index >= 15 is 0 Å². The van der Waals surface area contributed by atoms with Crippen LogP contribution in [0.4, 0.5) is 11.5 Å². The first-order chi connectivity index (χ1) is 18.9. The summed E-state index contributed by atoms with van der Waals surface area (Å²) in [5.41, 5.74) is 15.1. The predicted molar refractivity (Wildman–Crippen MR) is 149 cm³/mol. The molecule has 0 radical (unpaired) electrons. The number of benzene rings is 2. The molecule has 2 aliphatic rings. The molecular weight excluding hydrogens is 494 g/mol. The number of fused-ring (bicyclic) bond motifs is 1. The molecule has 202 valence electrons. The smallest absolute Gasteiger partial charge is 0.228 e. The number of aromatic nitrogens is 4. The van der Waals surface area contributed by atoms with E-state index in [-0.39, 0.29) is 30.3 Å². The Morgan fingerprint density at radius 2 is 1.95 bits per heavy atom. The van der Waals surface area contributed by atoms with Gasteiger partial charge < -0.3 is 26.6 Å². The fourth-order valence-corrected chi connectivity index (χ4v) is 5.76. The zero-order chi connectivity index (χ0) is 27.1. The van der Waals surface area contributed by atoms with E-state index in [1.54, 1.807) is 7.11 Å². The van der Waals surface area contributed by atoms with Crippen LogP contribution in [-0.4, -0.2) is 50.0 Å². The van der Waals surface area contributed by atoms with E-state index in [0.717, 1.165) is 24.8 Å². The van der Waals surface area contributed by atoms with Crippen LogP contribution in [0.2, 0.25) is 0 Å². The highest BCUT2D eigenvalue weighted by atomic mass is 16.5. The van der Waals surface area contributed by atoms with Crippen LogP contribution in [0.3, 0.4) is 0 Å². The fourth-order valence-electron chi connectivity index (χ4n) is 5.76. The van der Waals surface area contributed by atoms with Crippen LogP contribution in [0.25, 0.3) is 22.3 Å². The van der Waals surface area contributed by atoms with E-state index in [0.29, 0.717) is 46.8 Å². The minimum Gasteiger partial charge on any atom is -0.495 e. The summed E-state index contributed by atoms with van der Waals surface area (Å²) in [6, 6.07) is 15.8. The molecular formula is C29H33N7O3. The second-order valence-electron chi connectivity index (χ2n) is 10.7. The summed E-state index contributed by atoms with van der Waals surface area (Å²) < 4.78 is 7.57. The van der Waals surface area contributed by atoms with Crippen molar-refractivity contribution in [2.24, 2.45) is 11.7 Å². The van der Waals surface area contributed by atoms with Gasteiger partial charge in [-0.15, -0.1) is 0 Å². The Morgan fingerprint density at radius 3 is 2.67 bits per heavy atom. The number of amides is 1. The lowest BCUT2D eigenvalue weighted by molar-refractivity contribution is -0.117. The Morgan fingerprint density at radius 1 is 1.18 bits per heavy atom. The Hall–Kier alpha value is -4.02. The van der Waals surface area contributed by atoms with E-state index in [2.05, 4.69) is 27.4 Å². The Balaban J connectivity index is 1.28. The first-order valence-electron chi connectivity index (χ1n) is 13.4.